The third-order valence-electron chi connectivity index (χ3n) is 5.28. The Kier molecular flexibility index (Phi) is 5.93. The van der Waals surface area contributed by atoms with Crippen molar-refractivity contribution >= 4 is 33.7 Å². The van der Waals surface area contributed by atoms with Gasteiger partial charge in [0.25, 0.3) is 5.91 Å². The average molecular weight is 434 g/mol. The minimum atomic E-state index is -1.14. The van der Waals surface area contributed by atoms with Crippen molar-refractivity contribution in [2.24, 2.45) is 0 Å². The number of fused-ring (bicyclic) bond motifs is 2. The summed E-state index contributed by atoms with van der Waals surface area (Å²) >= 11 is 0. The molecule has 2 heterocycles. The second kappa shape index (κ2) is 8.97. The zero-order valence-corrected chi connectivity index (χ0v) is 17.4. The summed E-state index contributed by atoms with van der Waals surface area (Å²) in [6, 6.07) is 12.9. The molecule has 0 bridgehead atoms. The molecule has 0 aliphatic carbocycles. The highest BCUT2D eigenvalue weighted by atomic mass is 16.5. The van der Waals surface area contributed by atoms with Gasteiger partial charge in [0.1, 0.15) is 17.4 Å². The first-order valence-electron chi connectivity index (χ1n) is 10.2. The van der Waals surface area contributed by atoms with E-state index in [4.69, 9.17) is 9.15 Å². The predicted octanol–water partition coefficient (Wildman–Crippen LogP) is 3.03. The zero-order chi connectivity index (χ0) is 22.7. The molecule has 1 atom stereocenters. The summed E-state index contributed by atoms with van der Waals surface area (Å²) in [5.74, 6) is -1.36. The summed E-state index contributed by atoms with van der Waals surface area (Å²) in [5, 5.41) is 13.8. The van der Waals surface area contributed by atoms with Crippen LogP contribution in [0.3, 0.4) is 0 Å². The van der Waals surface area contributed by atoms with E-state index in [2.05, 4.69) is 10.3 Å². The number of carboxylic acids is 1. The van der Waals surface area contributed by atoms with Gasteiger partial charge in [-0.3, -0.25) is 4.79 Å². The topological polar surface area (TPSA) is 122 Å². The Morgan fingerprint density at radius 1 is 1.12 bits per heavy atom. The van der Waals surface area contributed by atoms with Crippen LogP contribution in [0.4, 0.5) is 0 Å². The molecule has 0 fully saturated rings. The summed E-state index contributed by atoms with van der Waals surface area (Å²) in [6.45, 7) is 1.57. The van der Waals surface area contributed by atoms with Gasteiger partial charge in [0.05, 0.1) is 0 Å². The largest absolute Gasteiger partial charge is 0.484 e. The number of hydrogen-bond acceptors (Lipinski definition) is 5. The van der Waals surface area contributed by atoms with E-state index in [1.165, 1.54) is 6.07 Å². The smallest absolute Gasteiger partial charge is 0.336 e. The van der Waals surface area contributed by atoms with Gasteiger partial charge in [0.15, 0.2) is 6.61 Å². The summed E-state index contributed by atoms with van der Waals surface area (Å²) in [7, 11) is 0. The number of ether oxygens (including phenoxy) is 1. The van der Waals surface area contributed by atoms with Gasteiger partial charge >= 0.3 is 11.6 Å². The van der Waals surface area contributed by atoms with Crippen molar-refractivity contribution in [3.05, 3.63) is 76.3 Å². The first kappa shape index (κ1) is 21.2. The Morgan fingerprint density at radius 2 is 1.94 bits per heavy atom. The lowest BCUT2D eigenvalue weighted by molar-refractivity contribution is -0.142. The molecule has 2 aromatic carbocycles. The first-order chi connectivity index (χ1) is 15.4. The Morgan fingerprint density at radius 3 is 2.72 bits per heavy atom. The Bertz CT molecular complexity index is 1350. The lowest BCUT2D eigenvalue weighted by Crippen LogP contribution is -2.44. The molecule has 8 nitrogen and oxygen atoms in total. The maximum atomic E-state index is 12.4. The number of nitrogens with one attached hydrogen (secondary N) is 2. The van der Waals surface area contributed by atoms with Crippen molar-refractivity contribution < 1.29 is 23.8 Å². The van der Waals surface area contributed by atoms with E-state index in [9.17, 15) is 19.5 Å². The van der Waals surface area contributed by atoms with Crippen molar-refractivity contribution in [1.29, 1.82) is 0 Å². The molecule has 0 radical (unpaired) electrons. The lowest BCUT2D eigenvalue weighted by atomic mass is 10.1. The molecule has 32 heavy (non-hydrogen) atoms. The number of aryl methyl sites for hydroxylation is 1. The number of H-pyrrole nitrogens is 1. The summed E-state index contributed by atoms with van der Waals surface area (Å²) in [6.07, 6.45) is 2.56. The van der Waals surface area contributed by atoms with E-state index in [1.54, 1.807) is 24.4 Å². The quantitative estimate of drug-likeness (QED) is 0.367. The van der Waals surface area contributed by atoms with Crippen LogP contribution in [0.15, 0.2) is 63.9 Å². The van der Waals surface area contributed by atoms with Gasteiger partial charge in [0, 0.05) is 41.0 Å². The van der Waals surface area contributed by atoms with Crippen molar-refractivity contribution in [3.63, 3.8) is 0 Å². The second-order valence-corrected chi connectivity index (χ2v) is 7.41. The number of aliphatic carboxylic acids is 1. The third kappa shape index (κ3) is 4.49. The molecule has 1 unspecified atom stereocenters. The van der Waals surface area contributed by atoms with E-state index in [1.807, 2.05) is 31.2 Å². The average Bonchev–Trinajstić information content (AvgIpc) is 3.19. The normalized spacial score (nSPS) is 12.0. The highest BCUT2D eigenvalue weighted by Crippen LogP contribution is 2.23. The van der Waals surface area contributed by atoms with Gasteiger partial charge in [-0.15, -0.1) is 0 Å². The van der Waals surface area contributed by atoms with Crippen LogP contribution in [0.25, 0.3) is 21.9 Å². The molecule has 0 spiro atoms. The number of benzene rings is 2. The van der Waals surface area contributed by atoms with Crippen LogP contribution in [0.2, 0.25) is 0 Å². The van der Waals surface area contributed by atoms with Crippen LogP contribution < -0.4 is 15.7 Å². The Balaban J connectivity index is 1.42. The van der Waals surface area contributed by atoms with Gasteiger partial charge in [-0.25, -0.2) is 9.59 Å². The molecular weight excluding hydrogens is 412 g/mol. The van der Waals surface area contributed by atoms with Crippen LogP contribution in [0.1, 0.15) is 18.1 Å². The molecule has 1 amide bonds. The zero-order valence-electron chi connectivity index (χ0n) is 17.4. The number of carboxylic acid groups (broad SMARTS) is 1. The minimum absolute atomic E-state index is 0.131. The minimum Gasteiger partial charge on any atom is -0.484 e. The molecule has 4 rings (SSSR count). The number of rotatable bonds is 8. The monoisotopic (exact) mass is 434 g/mol. The second-order valence-electron chi connectivity index (χ2n) is 7.41. The van der Waals surface area contributed by atoms with E-state index < -0.39 is 23.5 Å². The summed E-state index contributed by atoms with van der Waals surface area (Å²) < 4.78 is 10.7. The van der Waals surface area contributed by atoms with E-state index in [0.29, 0.717) is 17.8 Å². The van der Waals surface area contributed by atoms with Gasteiger partial charge in [-0.05, 0) is 35.7 Å². The number of aromatic amines is 1. The Hall–Kier alpha value is -4.07. The van der Waals surface area contributed by atoms with Crippen LogP contribution in [-0.2, 0) is 22.4 Å². The fourth-order valence-corrected chi connectivity index (χ4v) is 3.70. The van der Waals surface area contributed by atoms with E-state index in [-0.39, 0.29) is 13.0 Å². The summed E-state index contributed by atoms with van der Waals surface area (Å²) in [4.78, 5) is 38.9. The standard InChI is InChI=1S/C24H22N2O6/c1-2-14-10-23(28)32-21-11-16(7-8-18(14)21)31-13-22(27)26-20(24(29)30)9-15-12-25-19-6-4-3-5-17(15)19/h3-8,10-12,20,25H,2,9,13H2,1H3,(H,26,27)(H,29,30). The van der Waals surface area contributed by atoms with Crippen LogP contribution in [0.5, 0.6) is 5.75 Å². The van der Waals surface area contributed by atoms with Crippen LogP contribution in [0, 0.1) is 0 Å². The SMILES string of the molecule is CCc1cc(=O)oc2cc(OCC(=O)NC(Cc3c[nH]c4ccccc34)C(=O)O)ccc12. The van der Waals surface area contributed by atoms with Crippen molar-refractivity contribution in [2.75, 3.05) is 6.61 Å². The maximum absolute atomic E-state index is 12.4. The molecule has 4 aromatic rings. The first-order valence-corrected chi connectivity index (χ1v) is 10.2. The molecule has 8 heteroatoms. The molecule has 0 aliphatic rings. The van der Waals surface area contributed by atoms with Crippen LogP contribution in [-0.4, -0.2) is 34.6 Å². The van der Waals surface area contributed by atoms with Gasteiger partial charge < -0.3 is 24.6 Å². The molecule has 0 saturated carbocycles. The Labute approximate surface area is 182 Å². The molecule has 3 N–H and O–H groups in total. The lowest BCUT2D eigenvalue weighted by Gasteiger charge is -2.15. The molecule has 164 valence electrons. The number of aromatic nitrogens is 1. The van der Waals surface area contributed by atoms with Crippen LogP contribution >= 0.6 is 0 Å². The molecule has 0 saturated heterocycles. The number of carbonyl (C=O) groups is 2. The predicted molar refractivity (Wildman–Crippen MR) is 119 cm³/mol. The van der Waals surface area contributed by atoms with Gasteiger partial charge in [-0.2, -0.15) is 0 Å². The highest BCUT2D eigenvalue weighted by molar-refractivity contribution is 5.87. The highest BCUT2D eigenvalue weighted by Gasteiger charge is 2.22. The van der Waals surface area contributed by atoms with Crippen molar-refractivity contribution in [3.8, 4) is 5.75 Å². The number of carbonyl (C=O) groups excluding carboxylic acids is 1. The van der Waals surface area contributed by atoms with Gasteiger partial charge in [0.2, 0.25) is 0 Å². The molecular formula is C24H22N2O6. The van der Waals surface area contributed by atoms with E-state index >= 15 is 0 Å². The van der Waals surface area contributed by atoms with Crippen molar-refractivity contribution in [1.82, 2.24) is 10.3 Å². The molecule has 2 aromatic heterocycles. The third-order valence-corrected chi connectivity index (χ3v) is 5.28. The number of amides is 1. The fourth-order valence-electron chi connectivity index (χ4n) is 3.70. The van der Waals surface area contributed by atoms with E-state index in [0.717, 1.165) is 27.4 Å². The fraction of sp³-hybridized carbons (Fsp3) is 0.208. The van der Waals surface area contributed by atoms with Crippen molar-refractivity contribution in [2.45, 2.75) is 25.8 Å². The molecule has 0 aliphatic heterocycles. The number of para-hydroxylation sites is 1. The number of hydrogen-bond donors (Lipinski definition) is 3. The summed E-state index contributed by atoms with van der Waals surface area (Å²) in [5.41, 5.74) is 2.48. The maximum Gasteiger partial charge on any atom is 0.336 e. The van der Waals surface area contributed by atoms with Gasteiger partial charge in [-0.1, -0.05) is 25.1 Å².